The molecule has 5 aliphatic rings. The van der Waals surface area contributed by atoms with Crippen molar-refractivity contribution in [1.82, 2.24) is 24.8 Å². The number of ether oxygens (including phenoxy) is 1. The maximum absolute atomic E-state index is 16.9. The van der Waals surface area contributed by atoms with Gasteiger partial charge in [-0.2, -0.15) is 9.97 Å². The van der Waals surface area contributed by atoms with Gasteiger partial charge in [0, 0.05) is 61.2 Å². The van der Waals surface area contributed by atoms with Crippen LogP contribution in [-0.2, 0) is 4.79 Å². The SMILES string of the molecule is C#Cc1c(F)ccc2cc(O)cc(-c3ncc4c(N5CC6CCC(C5)N6C(=O)C5CC5)nc(OC[C@@]56CCCN5C[C@H](F)C6)nc4c3F)c12. The summed E-state index contributed by atoms with van der Waals surface area (Å²) in [7, 11) is 0. The first-order valence-electron chi connectivity index (χ1n) is 17.1. The molecule has 0 radical (unpaired) electrons. The Kier molecular flexibility index (Phi) is 6.96. The summed E-state index contributed by atoms with van der Waals surface area (Å²) >= 11 is 0. The van der Waals surface area contributed by atoms with Crippen LogP contribution in [0.4, 0.5) is 19.0 Å². The number of terminal acetylenes is 1. The number of benzene rings is 2. The number of fused-ring (bicyclic) bond motifs is 5. The Hall–Kier alpha value is -4.63. The molecule has 2 aromatic carbocycles. The second-order valence-electron chi connectivity index (χ2n) is 14.3. The topological polar surface area (TPSA) is 94.9 Å². The van der Waals surface area contributed by atoms with Gasteiger partial charge < -0.3 is 19.6 Å². The highest BCUT2D eigenvalue weighted by Crippen LogP contribution is 2.43. The van der Waals surface area contributed by atoms with E-state index in [4.69, 9.17) is 16.1 Å². The van der Waals surface area contributed by atoms with Crippen molar-refractivity contribution in [1.29, 1.82) is 0 Å². The summed E-state index contributed by atoms with van der Waals surface area (Å²) in [5, 5.41) is 11.6. The van der Waals surface area contributed by atoms with Crippen LogP contribution in [0.1, 0.15) is 50.5 Å². The number of carbonyl (C=O) groups excluding carboxylic acids is 1. The lowest BCUT2D eigenvalue weighted by Crippen LogP contribution is -2.56. The van der Waals surface area contributed by atoms with Crippen LogP contribution in [0.25, 0.3) is 32.9 Å². The van der Waals surface area contributed by atoms with Crippen LogP contribution in [-0.4, -0.2) is 92.3 Å². The minimum atomic E-state index is -0.942. The Labute approximate surface area is 281 Å². The number of hydrogen-bond acceptors (Lipinski definition) is 8. The smallest absolute Gasteiger partial charge is 0.319 e. The van der Waals surface area contributed by atoms with Gasteiger partial charge in [0.15, 0.2) is 5.82 Å². The third kappa shape index (κ3) is 4.88. The van der Waals surface area contributed by atoms with Crippen molar-refractivity contribution in [3.63, 3.8) is 0 Å². The highest BCUT2D eigenvalue weighted by Gasteiger charge is 2.50. The summed E-state index contributed by atoms with van der Waals surface area (Å²) in [6.45, 7) is 2.36. The van der Waals surface area contributed by atoms with E-state index in [-0.39, 0.29) is 70.0 Å². The number of halogens is 3. The monoisotopic (exact) mass is 668 g/mol. The fourth-order valence-electron chi connectivity index (χ4n) is 8.89. The molecule has 1 aliphatic carbocycles. The molecule has 49 heavy (non-hydrogen) atoms. The molecule has 6 heterocycles. The zero-order valence-electron chi connectivity index (χ0n) is 26.8. The van der Waals surface area contributed by atoms with Crippen LogP contribution in [0.2, 0.25) is 0 Å². The molecular formula is C37H35F3N6O3. The lowest BCUT2D eigenvalue weighted by Gasteiger charge is -2.42. The minimum Gasteiger partial charge on any atom is -0.508 e. The van der Waals surface area contributed by atoms with Crippen LogP contribution in [0.3, 0.4) is 0 Å². The number of carbonyl (C=O) groups is 1. The average molecular weight is 669 g/mol. The van der Waals surface area contributed by atoms with E-state index in [2.05, 4.69) is 30.6 Å². The van der Waals surface area contributed by atoms with Gasteiger partial charge in [0.1, 0.15) is 41.4 Å². The second kappa shape index (κ2) is 11.2. The van der Waals surface area contributed by atoms with Gasteiger partial charge in [-0.25, -0.2) is 13.2 Å². The van der Waals surface area contributed by atoms with Crippen LogP contribution in [0.15, 0.2) is 30.5 Å². The number of nitrogens with zero attached hydrogens (tertiary/aromatic N) is 6. The van der Waals surface area contributed by atoms with E-state index in [0.29, 0.717) is 42.6 Å². The number of aromatic nitrogens is 3. The van der Waals surface area contributed by atoms with E-state index in [1.807, 2.05) is 0 Å². The Morgan fingerprint density at radius 1 is 1.10 bits per heavy atom. The van der Waals surface area contributed by atoms with Crippen molar-refractivity contribution in [3.05, 3.63) is 47.7 Å². The van der Waals surface area contributed by atoms with E-state index in [1.54, 1.807) is 0 Å². The first-order valence-corrected chi connectivity index (χ1v) is 17.1. The highest BCUT2D eigenvalue weighted by atomic mass is 19.1. The minimum absolute atomic E-state index is 0.0139. The lowest BCUT2D eigenvalue weighted by molar-refractivity contribution is -0.135. The van der Waals surface area contributed by atoms with Gasteiger partial charge in [0.05, 0.1) is 16.5 Å². The number of hydrogen-bond donors (Lipinski definition) is 1. The Balaban J connectivity index is 1.16. The maximum atomic E-state index is 16.9. The van der Waals surface area contributed by atoms with Crippen LogP contribution in [0.5, 0.6) is 11.8 Å². The number of piperazine rings is 1. The molecule has 2 unspecified atom stereocenters. The van der Waals surface area contributed by atoms with E-state index >= 15 is 4.39 Å². The number of rotatable bonds is 6. The summed E-state index contributed by atoms with van der Waals surface area (Å²) in [6.07, 6.45) is 12.0. The van der Waals surface area contributed by atoms with Crippen molar-refractivity contribution in [2.45, 2.75) is 68.7 Å². The zero-order valence-corrected chi connectivity index (χ0v) is 26.8. The lowest BCUT2D eigenvalue weighted by atomic mass is 9.95. The second-order valence-corrected chi connectivity index (χ2v) is 14.3. The summed E-state index contributed by atoms with van der Waals surface area (Å²) < 4.78 is 52.7. The summed E-state index contributed by atoms with van der Waals surface area (Å²) in [4.78, 5) is 33.3. The molecule has 4 aliphatic heterocycles. The first-order chi connectivity index (χ1) is 23.7. The summed E-state index contributed by atoms with van der Waals surface area (Å²) in [6, 6.07) is 5.41. The number of alkyl halides is 1. The summed E-state index contributed by atoms with van der Waals surface area (Å²) in [5.41, 5.74) is -0.639. The molecule has 9 rings (SSSR count). The number of phenols is 1. The molecule has 5 fully saturated rings. The normalized spacial score (nSPS) is 26.4. The van der Waals surface area contributed by atoms with Gasteiger partial charge in [0.2, 0.25) is 5.91 Å². The van der Waals surface area contributed by atoms with Crippen LogP contribution >= 0.6 is 0 Å². The molecule has 1 saturated carbocycles. The van der Waals surface area contributed by atoms with Gasteiger partial charge in [-0.05, 0) is 68.7 Å². The molecule has 1 amide bonds. The molecule has 2 bridgehead atoms. The number of anilines is 1. The van der Waals surface area contributed by atoms with Gasteiger partial charge in [-0.15, -0.1) is 6.42 Å². The zero-order chi connectivity index (χ0) is 33.6. The molecule has 4 aromatic rings. The quantitative estimate of drug-likeness (QED) is 0.275. The standard InChI is InChI=1S/C37H35F3N6O3/c1-2-26-29(39)9-6-21-12-25(47)13-27(30(21)26)32-31(40)33-28(15-41-32)34(44-17-23-7-8-24(18-44)46(23)35(48)20-4-5-20)43-36(42-33)49-19-37-10-3-11-45(37)16-22(38)14-37/h1,6,9,12-13,15,20,22-24,47H,3-5,7-8,10-11,14,16-19H2/t22-,23?,24?,37+/m1/s1. The number of pyridine rings is 1. The maximum Gasteiger partial charge on any atom is 0.319 e. The largest absolute Gasteiger partial charge is 0.508 e. The molecule has 4 atom stereocenters. The molecule has 1 N–H and O–H groups in total. The molecule has 4 saturated heterocycles. The van der Waals surface area contributed by atoms with Crippen molar-refractivity contribution in [2.75, 3.05) is 37.7 Å². The number of phenolic OH excluding ortho intramolecular Hbond substituents is 1. The highest BCUT2D eigenvalue weighted by molar-refractivity contribution is 6.03. The molecule has 252 valence electrons. The predicted octanol–water partition coefficient (Wildman–Crippen LogP) is 5.35. The Bertz CT molecular complexity index is 2070. The van der Waals surface area contributed by atoms with Gasteiger partial charge in [0.25, 0.3) is 0 Å². The fourth-order valence-corrected chi connectivity index (χ4v) is 8.89. The van der Waals surface area contributed by atoms with Crippen molar-refractivity contribution >= 4 is 33.4 Å². The first kappa shape index (κ1) is 30.4. The van der Waals surface area contributed by atoms with Gasteiger partial charge >= 0.3 is 6.01 Å². The van der Waals surface area contributed by atoms with Crippen molar-refractivity contribution in [3.8, 4) is 35.4 Å². The van der Waals surface area contributed by atoms with Crippen molar-refractivity contribution in [2.24, 2.45) is 5.92 Å². The van der Waals surface area contributed by atoms with E-state index in [1.165, 1.54) is 30.5 Å². The third-order valence-electron chi connectivity index (χ3n) is 11.3. The average Bonchev–Trinajstić information content (AvgIpc) is 3.73. The predicted molar refractivity (Wildman–Crippen MR) is 177 cm³/mol. The van der Waals surface area contributed by atoms with E-state index < -0.39 is 23.3 Å². The Morgan fingerprint density at radius 2 is 1.90 bits per heavy atom. The van der Waals surface area contributed by atoms with Crippen LogP contribution < -0.4 is 9.64 Å². The molecular weight excluding hydrogens is 633 g/mol. The van der Waals surface area contributed by atoms with Crippen LogP contribution in [0, 0.1) is 29.9 Å². The van der Waals surface area contributed by atoms with Crippen molar-refractivity contribution < 1.29 is 27.8 Å². The van der Waals surface area contributed by atoms with E-state index in [0.717, 1.165) is 45.1 Å². The van der Waals surface area contributed by atoms with E-state index in [9.17, 15) is 18.7 Å². The molecule has 9 nitrogen and oxygen atoms in total. The Morgan fingerprint density at radius 3 is 2.65 bits per heavy atom. The molecule has 0 spiro atoms. The third-order valence-corrected chi connectivity index (χ3v) is 11.3. The molecule has 12 heteroatoms. The number of amides is 1. The van der Waals surface area contributed by atoms with Gasteiger partial charge in [-0.1, -0.05) is 12.0 Å². The van der Waals surface area contributed by atoms with Gasteiger partial charge in [-0.3, -0.25) is 14.7 Å². The fraction of sp³-hybridized carbons (Fsp3) is 0.459. The number of aromatic hydroxyl groups is 1. The molecule has 2 aromatic heterocycles. The summed E-state index contributed by atoms with van der Waals surface area (Å²) in [5.74, 6) is 1.54.